The van der Waals surface area contributed by atoms with Crippen molar-refractivity contribution in [2.75, 3.05) is 39.8 Å². The molecule has 0 aromatic rings. The molecule has 7 nitrogen and oxygen atoms in total. The molecule has 2 aliphatic rings. The van der Waals surface area contributed by atoms with Gasteiger partial charge in [-0.15, -0.1) is 0 Å². The molecule has 0 saturated carbocycles. The van der Waals surface area contributed by atoms with Crippen molar-refractivity contribution in [2.24, 2.45) is 5.92 Å². The molecule has 21 heavy (non-hydrogen) atoms. The van der Waals surface area contributed by atoms with E-state index in [1.54, 1.807) is 4.90 Å². The second-order valence-corrected chi connectivity index (χ2v) is 6.57. The van der Waals surface area contributed by atoms with Gasteiger partial charge in [-0.3, -0.25) is 0 Å². The molecule has 7 heteroatoms. The number of nitrogens with one attached hydrogen (secondary N) is 1. The molecule has 0 radical (unpaired) electrons. The molecule has 2 unspecified atom stereocenters. The summed E-state index contributed by atoms with van der Waals surface area (Å²) in [7, 11) is 2.09. The number of nitrogens with zero attached hydrogens (tertiary/aromatic N) is 2. The average Bonchev–Trinajstić information content (AvgIpc) is 2.36. The summed E-state index contributed by atoms with van der Waals surface area (Å²) < 4.78 is 5.30. The summed E-state index contributed by atoms with van der Waals surface area (Å²) in [5, 5.41) is 11.7. The number of amides is 2. The molecule has 0 aromatic carbocycles. The van der Waals surface area contributed by atoms with Crippen LogP contribution >= 0.6 is 0 Å². The molecule has 2 aliphatic heterocycles. The Labute approximate surface area is 125 Å². The second-order valence-electron chi connectivity index (χ2n) is 6.57. The molecular weight excluding hydrogens is 274 g/mol. The van der Waals surface area contributed by atoms with Gasteiger partial charge in [0.15, 0.2) is 0 Å². The van der Waals surface area contributed by atoms with E-state index in [2.05, 4.69) is 24.2 Å². The molecular formula is C14H25N3O4. The summed E-state index contributed by atoms with van der Waals surface area (Å²) in [6.07, 6.45) is 0.962. The number of carbonyl (C=O) groups is 2. The summed E-state index contributed by atoms with van der Waals surface area (Å²) >= 11 is 0. The number of aliphatic carboxylic acids is 1. The number of likely N-dealkylation sites (tertiary alicyclic amines) is 2. The molecule has 0 aromatic heterocycles. The highest BCUT2D eigenvalue weighted by atomic mass is 16.5. The zero-order chi connectivity index (χ0) is 15.6. The van der Waals surface area contributed by atoms with E-state index in [1.807, 2.05) is 6.92 Å². The molecule has 0 bridgehead atoms. The van der Waals surface area contributed by atoms with Crippen LogP contribution in [0.15, 0.2) is 0 Å². The van der Waals surface area contributed by atoms with E-state index >= 15 is 0 Å². The highest BCUT2D eigenvalue weighted by Crippen LogP contribution is 2.25. The minimum Gasteiger partial charge on any atom is -0.480 e. The van der Waals surface area contributed by atoms with Crippen LogP contribution in [-0.4, -0.2) is 78.4 Å². The fourth-order valence-electron chi connectivity index (χ4n) is 3.05. The Morgan fingerprint density at radius 2 is 2.10 bits per heavy atom. The quantitative estimate of drug-likeness (QED) is 0.775. The number of carbonyl (C=O) groups excluding carboxylic acids is 1. The van der Waals surface area contributed by atoms with E-state index in [4.69, 9.17) is 9.84 Å². The maximum Gasteiger partial charge on any atom is 0.329 e. The van der Waals surface area contributed by atoms with Crippen LogP contribution in [0.5, 0.6) is 0 Å². The molecule has 2 rings (SSSR count). The number of carboxylic acids is 1. The predicted molar refractivity (Wildman–Crippen MR) is 77.2 cm³/mol. The van der Waals surface area contributed by atoms with Gasteiger partial charge in [0.25, 0.3) is 0 Å². The van der Waals surface area contributed by atoms with Gasteiger partial charge in [-0.05, 0) is 32.9 Å². The van der Waals surface area contributed by atoms with E-state index in [1.165, 1.54) is 0 Å². The van der Waals surface area contributed by atoms with Gasteiger partial charge in [-0.1, -0.05) is 6.92 Å². The number of rotatable bonds is 4. The molecule has 0 aliphatic carbocycles. The van der Waals surface area contributed by atoms with Crippen molar-refractivity contribution in [2.45, 2.75) is 31.9 Å². The van der Waals surface area contributed by atoms with Crippen LogP contribution in [0.3, 0.4) is 0 Å². The van der Waals surface area contributed by atoms with Crippen LogP contribution in [-0.2, 0) is 9.53 Å². The van der Waals surface area contributed by atoms with Crippen molar-refractivity contribution in [1.29, 1.82) is 0 Å². The Bertz CT molecular complexity index is 409. The summed E-state index contributed by atoms with van der Waals surface area (Å²) in [5.41, 5.74) is -0.534. The van der Waals surface area contributed by atoms with Crippen molar-refractivity contribution in [3.05, 3.63) is 0 Å². The van der Waals surface area contributed by atoms with Gasteiger partial charge in [0.2, 0.25) is 0 Å². The lowest BCUT2D eigenvalue weighted by Crippen LogP contribution is -2.66. The summed E-state index contributed by atoms with van der Waals surface area (Å²) in [6.45, 7) is 6.52. The number of ether oxygens (including phenoxy) is 1. The summed E-state index contributed by atoms with van der Waals surface area (Å²) in [4.78, 5) is 26.6. The van der Waals surface area contributed by atoms with Crippen LogP contribution < -0.4 is 5.32 Å². The predicted octanol–water partition coefficient (Wildman–Crippen LogP) is 0.212. The SMILES string of the molecule is CC1CN(C)CCC1NC(=O)N1CC(C)(OCC(=O)O)C1. The van der Waals surface area contributed by atoms with Crippen molar-refractivity contribution in [1.82, 2.24) is 15.1 Å². The average molecular weight is 299 g/mol. The molecule has 0 spiro atoms. The first-order valence-corrected chi connectivity index (χ1v) is 7.39. The third-order valence-electron chi connectivity index (χ3n) is 4.30. The van der Waals surface area contributed by atoms with Gasteiger partial charge in [-0.25, -0.2) is 9.59 Å². The highest BCUT2D eigenvalue weighted by Gasteiger charge is 2.43. The molecule has 2 saturated heterocycles. The van der Waals surface area contributed by atoms with Crippen LogP contribution in [0.1, 0.15) is 20.3 Å². The third kappa shape index (κ3) is 4.07. The summed E-state index contributed by atoms with van der Waals surface area (Å²) in [6, 6.07) is 0.133. The topological polar surface area (TPSA) is 82.1 Å². The van der Waals surface area contributed by atoms with Gasteiger partial charge in [-0.2, -0.15) is 0 Å². The summed E-state index contributed by atoms with van der Waals surface area (Å²) in [5.74, 6) is -0.553. The Balaban J connectivity index is 1.75. The molecule has 2 fully saturated rings. The maximum absolute atomic E-state index is 12.2. The highest BCUT2D eigenvalue weighted by molar-refractivity contribution is 5.76. The smallest absolute Gasteiger partial charge is 0.329 e. The van der Waals surface area contributed by atoms with Gasteiger partial charge in [0, 0.05) is 12.6 Å². The lowest BCUT2D eigenvalue weighted by atomic mass is 9.93. The largest absolute Gasteiger partial charge is 0.480 e. The van der Waals surface area contributed by atoms with Crippen LogP contribution in [0, 0.1) is 5.92 Å². The van der Waals surface area contributed by atoms with Crippen molar-refractivity contribution in [3.63, 3.8) is 0 Å². The van der Waals surface area contributed by atoms with E-state index in [-0.39, 0.29) is 18.7 Å². The van der Waals surface area contributed by atoms with Gasteiger partial charge >= 0.3 is 12.0 Å². The van der Waals surface area contributed by atoms with E-state index in [9.17, 15) is 9.59 Å². The molecule has 2 amide bonds. The standard InChI is InChI=1S/C14H25N3O4/c1-10-6-16(3)5-4-11(10)15-13(20)17-8-14(2,9-17)21-7-12(18)19/h10-11H,4-9H2,1-3H3,(H,15,20)(H,18,19). The van der Waals surface area contributed by atoms with Gasteiger partial charge < -0.3 is 25.0 Å². The fraction of sp³-hybridized carbons (Fsp3) is 0.857. The van der Waals surface area contributed by atoms with E-state index in [0.29, 0.717) is 19.0 Å². The van der Waals surface area contributed by atoms with Crippen molar-refractivity contribution >= 4 is 12.0 Å². The third-order valence-corrected chi connectivity index (χ3v) is 4.30. The van der Waals surface area contributed by atoms with Gasteiger partial charge in [0.05, 0.1) is 13.1 Å². The number of piperidine rings is 1. The Kier molecular flexibility index (Phi) is 4.73. The number of hydrogen-bond acceptors (Lipinski definition) is 4. The normalized spacial score (nSPS) is 28.8. The Morgan fingerprint density at radius 1 is 1.43 bits per heavy atom. The Morgan fingerprint density at radius 3 is 2.67 bits per heavy atom. The van der Waals surface area contributed by atoms with Crippen molar-refractivity contribution in [3.8, 4) is 0 Å². The first-order chi connectivity index (χ1) is 9.79. The first-order valence-electron chi connectivity index (χ1n) is 7.39. The van der Waals surface area contributed by atoms with Crippen LogP contribution in [0.25, 0.3) is 0 Å². The number of carboxylic acid groups (broad SMARTS) is 1. The molecule has 120 valence electrons. The van der Waals surface area contributed by atoms with E-state index in [0.717, 1.165) is 19.5 Å². The minimum atomic E-state index is -0.987. The fourth-order valence-corrected chi connectivity index (χ4v) is 3.05. The monoisotopic (exact) mass is 299 g/mol. The lowest BCUT2D eigenvalue weighted by molar-refractivity contribution is -0.159. The van der Waals surface area contributed by atoms with E-state index < -0.39 is 11.6 Å². The number of hydrogen-bond donors (Lipinski definition) is 2. The minimum absolute atomic E-state index is 0.0761. The van der Waals surface area contributed by atoms with Crippen molar-refractivity contribution < 1.29 is 19.4 Å². The van der Waals surface area contributed by atoms with Crippen LogP contribution in [0.2, 0.25) is 0 Å². The number of urea groups is 1. The second kappa shape index (κ2) is 6.19. The maximum atomic E-state index is 12.2. The molecule has 2 atom stereocenters. The zero-order valence-corrected chi connectivity index (χ0v) is 13.0. The Hall–Kier alpha value is -1.34. The lowest BCUT2D eigenvalue weighted by Gasteiger charge is -2.48. The van der Waals surface area contributed by atoms with Crippen LogP contribution in [0.4, 0.5) is 4.79 Å². The molecule has 2 N–H and O–H groups in total. The van der Waals surface area contributed by atoms with Gasteiger partial charge in [0.1, 0.15) is 12.2 Å². The zero-order valence-electron chi connectivity index (χ0n) is 13.0. The molecule has 2 heterocycles. The first kappa shape index (κ1) is 16.0.